The summed E-state index contributed by atoms with van der Waals surface area (Å²) in [5.41, 5.74) is 3.54. The molecule has 0 aliphatic heterocycles. The fourth-order valence-electron chi connectivity index (χ4n) is 4.49. The van der Waals surface area contributed by atoms with Gasteiger partial charge in [0.15, 0.2) is 0 Å². The summed E-state index contributed by atoms with van der Waals surface area (Å²) in [5.74, 6) is -0.441. The van der Waals surface area contributed by atoms with Gasteiger partial charge in [-0.1, -0.05) is 19.9 Å². The third kappa shape index (κ3) is 5.76. The lowest BCUT2D eigenvalue weighted by molar-refractivity contribution is -0.144. The van der Waals surface area contributed by atoms with E-state index in [2.05, 4.69) is 20.8 Å². The molecule has 0 aliphatic carbocycles. The Kier molecular flexibility index (Phi) is 7.52. The van der Waals surface area contributed by atoms with Crippen molar-refractivity contribution in [1.82, 2.24) is 30.2 Å². The maximum absolute atomic E-state index is 14.1. The van der Waals surface area contributed by atoms with Gasteiger partial charge in [-0.05, 0) is 55.7 Å². The fraction of sp³-hybridized carbons (Fsp3) is 0.429. The molecule has 0 bridgehead atoms. The lowest BCUT2D eigenvalue weighted by atomic mass is 9.76. The number of nitrogens with one attached hydrogen (secondary N) is 2. The third-order valence-electron chi connectivity index (χ3n) is 6.80. The van der Waals surface area contributed by atoms with E-state index >= 15 is 0 Å². The zero-order chi connectivity index (χ0) is 26.7. The summed E-state index contributed by atoms with van der Waals surface area (Å²) >= 11 is 0. The van der Waals surface area contributed by atoms with E-state index in [1.807, 2.05) is 78.2 Å². The molecule has 0 radical (unpaired) electrons. The second kappa shape index (κ2) is 10.6. The highest BCUT2D eigenvalue weighted by Crippen LogP contribution is 2.30. The van der Waals surface area contributed by atoms with Crippen LogP contribution in [0.5, 0.6) is 0 Å². The van der Waals surface area contributed by atoms with Gasteiger partial charge in [0.05, 0.1) is 17.7 Å². The number of furan rings is 1. The van der Waals surface area contributed by atoms with E-state index in [1.165, 1.54) is 0 Å². The summed E-state index contributed by atoms with van der Waals surface area (Å²) < 4.78 is 8.95. The first kappa shape index (κ1) is 26.2. The van der Waals surface area contributed by atoms with Crippen LogP contribution < -0.4 is 10.6 Å². The Labute approximate surface area is 217 Å². The van der Waals surface area contributed by atoms with E-state index in [9.17, 15) is 9.59 Å². The molecule has 3 heterocycles. The predicted octanol–water partition coefficient (Wildman–Crippen LogP) is 3.38. The second-order valence-corrected chi connectivity index (χ2v) is 10.3. The summed E-state index contributed by atoms with van der Waals surface area (Å²) in [6.45, 7) is 8.70. The topological polar surface area (TPSA) is 107 Å². The van der Waals surface area contributed by atoms with Gasteiger partial charge in [0.1, 0.15) is 11.0 Å². The highest BCUT2D eigenvalue weighted by molar-refractivity contribution is 6.05. The Morgan fingerprint density at radius 2 is 1.51 bits per heavy atom. The van der Waals surface area contributed by atoms with Crippen molar-refractivity contribution < 1.29 is 14.0 Å². The van der Waals surface area contributed by atoms with E-state index in [4.69, 9.17) is 4.42 Å². The van der Waals surface area contributed by atoms with Crippen molar-refractivity contribution in [2.75, 3.05) is 6.54 Å². The van der Waals surface area contributed by atoms with Crippen molar-refractivity contribution >= 4 is 22.8 Å². The van der Waals surface area contributed by atoms with Crippen LogP contribution in [0.1, 0.15) is 42.2 Å². The van der Waals surface area contributed by atoms with Crippen LogP contribution in [0.25, 0.3) is 11.0 Å². The summed E-state index contributed by atoms with van der Waals surface area (Å²) in [4.78, 5) is 28.0. The van der Waals surface area contributed by atoms with Gasteiger partial charge in [0.2, 0.25) is 11.8 Å². The second-order valence-electron chi connectivity index (χ2n) is 10.3. The number of fused-ring (bicyclic) bond motifs is 1. The number of hydrogen-bond acceptors (Lipinski definition) is 5. The summed E-state index contributed by atoms with van der Waals surface area (Å²) in [6, 6.07) is 11.5. The van der Waals surface area contributed by atoms with Crippen LogP contribution in [0.2, 0.25) is 0 Å². The van der Waals surface area contributed by atoms with Gasteiger partial charge < -0.3 is 15.1 Å². The molecule has 1 aromatic carbocycles. The van der Waals surface area contributed by atoms with E-state index < -0.39 is 5.41 Å². The molecule has 4 rings (SSSR count). The first-order valence-electron chi connectivity index (χ1n) is 12.6. The Balaban J connectivity index is 1.70. The maximum atomic E-state index is 14.1. The number of benzene rings is 1. The SMILES string of the molecule is Cc1cc(CC(Cc2cc(C)n(C)n2)(C(=O)NCc2ccc3occc3c2)C(=O)NCC(C)C)nn1C. The third-order valence-corrected chi connectivity index (χ3v) is 6.80. The number of amides is 2. The highest BCUT2D eigenvalue weighted by Gasteiger charge is 2.47. The monoisotopic (exact) mass is 504 g/mol. The number of aromatic nitrogens is 4. The van der Waals surface area contributed by atoms with Crippen molar-refractivity contribution in [3.05, 3.63) is 71.0 Å². The largest absolute Gasteiger partial charge is 0.464 e. The number of hydrogen-bond donors (Lipinski definition) is 2. The fourth-order valence-corrected chi connectivity index (χ4v) is 4.49. The van der Waals surface area contributed by atoms with Gasteiger partial charge in [-0.15, -0.1) is 0 Å². The van der Waals surface area contributed by atoms with Crippen molar-refractivity contribution in [2.24, 2.45) is 25.4 Å². The molecule has 196 valence electrons. The summed E-state index contributed by atoms with van der Waals surface area (Å²) in [7, 11) is 3.71. The Morgan fingerprint density at radius 1 is 0.919 bits per heavy atom. The van der Waals surface area contributed by atoms with Gasteiger partial charge in [-0.2, -0.15) is 10.2 Å². The molecule has 0 aliphatic rings. The molecule has 0 unspecified atom stereocenters. The Bertz CT molecular complexity index is 1320. The van der Waals surface area contributed by atoms with Crippen molar-refractivity contribution in [3.63, 3.8) is 0 Å². The minimum atomic E-state index is -1.43. The maximum Gasteiger partial charge on any atom is 0.236 e. The molecule has 37 heavy (non-hydrogen) atoms. The first-order chi connectivity index (χ1) is 17.6. The van der Waals surface area contributed by atoms with Gasteiger partial charge in [-0.3, -0.25) is 19.0 Å². The molecule has 2 N–H and O–H groups in total. The zero-order valence-electron chi connectivity index (χ0n) is 22.5. The van der Waals surface area contributed by atoms with Crippen LogP contribution in [-0.4, -0.2) is 37.9 Å². The van der Waals surface area contributed by atoms with Crippen LogP contribution in [0.3, 0.4) is 0 Å². The van der Waals surface area contributed by atoms with Gasteiger partial charge in [0, 0.05) is 56.8 Å². The molecular weight excluding hydrogens is 468 g/mol. The number of rotatable bonds is 10. The lowest BCUT2D eigenvalue weighted by Crippen LogP contribution is -2.54. The Morgan fingerprint density at radius 3 is 2.05 bits per heavy atom. The molecule has 9 heteroatoms. The zero-order valence-corrected chi connectivity index (χ0v) is 22.5. The number of nitrogens with zero attached hydrogens (tertiary/aromatic N) is 4. The van der Waals surface area contributed by atoms with Crippen LogP contribution in [0.4, 0.5) is 0 Å². The average molecular weight is 505 g/mol. The number of carbonyl (C=O) groups excluding carboxylic acids is 2. The molecule has 9 nitrogen and oxygen atoms in total. The van der Waals surface area contributed by atoms with Gasteiger partial charge in [0.25, 0.3) is 0 Å². The van der Waals surface area contributed by atoms with E-state index in [-0.39, 0.29) is 37.1 Å². The van der Waals surface area contributed by atoms with Crippen molar-refractivity contribution in [1.29, 1.82) is 0 Å². The first-order valence-corrected chi connectivity index (χ1v) is 12.6. The smallest absolute Gasteiger partial charge is 0.236 e. The minimum Gasteiger partial charge on any atom is -0.464 e. The highest BCUT2D eigenvalue weighted by atomic mass is 16.3. The quantitative estimate of drug-likeness (QED) is 0.322. The molecule has 2 amide bonds. The van der Waals surface area contributed by atoms with E-state index in [1.54, 1.807) is 15.6 Å². The van der Waals surface area contributed by atoms with Crippen LogP contribution >= 0.6 is 0 Å². The molecule has 3 aromatic heterocycles. The predicted molar refractivity (Wildman–Crippen MR) is 142 cm³/mol. The standard InChI is InChI=1S/C28H36N6O3/c1-18(2)16-29-26(35)28(14-23-11-19(3)33(5)31-23,15-24-12-20(4)34(6)32-24)27(36)30-17-21-7-8-25-22(13-21)9-10-37-25/h7-13,18H,14-17H2,1-6H3,(H,29,35)(H,30,36). The molecular formula is C28H36N6O3. The Hall–Kier alpha value is -3.88. The van der Waals surface area contributed by atoms with Crippen molar-refractivity contribution in [3.8, 4) is 0 Å². The molecule has 0 fully saturated rings. The van der Waals surface area contributed by atoms with Crippen LogP contribution in [0, 0.1) is 25.2 Å². The van der Waals surface area contributed by atoms with Crippen LogP contribution in [-0.2, 0) is 43.1 Å². The van der Waals surface area contributed by atoms with Crippen LogP contribution in [0.15, 0.2) is 47.1 Å². The normalized spacial score (nSPS) is 11.9. The average Bonchev–Trinajstić information content (AvgIpc) is 3.53. The lowest BCUT2D eigenvalue weighted by Gasteiger charge is -2.30. The molecule has 0 atom stereocenters. The van der Waals surface area contributed by atoms with E-state index in [0.717, 1.165) is 27.9 Å². The minimum absolute atomic E-state index is 0.154. The molecule has 4 aromatic rings. The number of aryl methyl sites for hydroxylation is 4. The molecule has 0 saturated carbocycles. The van der Waals surface area contributed by atoms with E-state index in [0.29, 0.717) is 17.9 Å². The number of carbonyl (C=O) groups is 2. The van der Waals surface area contributed by atoms with Gasteiger partial charge in [-0.25, -0.2) is 0 Å². The molecule has 0 spiro atoms. The molecule has 0 saturated heterocycles. The van der Waals surface area contributed by atoms with Gasteiger partial charge >= 0.3 is 0 Å². The summed E-state index contributed by atoms with van der Waals surface area (Å²) in [6.07, 6.45) is 1.95. The van der Waals surface area contributed by atoms with Crippen molar-refractivity contribution in [2.45, 2.75) is 47.1 Å². The summed E-state index contributed by atoms with van der Waals surface area (Å²) in [5, 5.41) is 16.2.